The van der Waals surface area contributed by atoms with Crippen molar-refractivity contribution in [1.29, 1.82) is 0 Å². The highest BCUT2D eigenvalue weighted by Crippen LogP contribution is 2.28. The third-order valence-corrected chi connectivity index (χ3v) is 4.68. The van der Waals surface area contributed by atoms with Gasteiger partial charge in [-0.2, -0.15) is 11.8 Å². The first-order valence-electron chi connectivity index (χ1n) is 6.36. The zero-order chi connectivity index (χ0) is 13.0. The SMILES string of the molecule is CNc1ccccc1C(=O)NC1CCCC1SC. The average Bonchev–Trinajstić information content (AvgIpc) is 2.85. The molecule has 98 valence electrons. The molecule has 2 atom stereocenters. The van der Waals surface area contributed by atoms with Gasteiger partial charge < -0.3 is 10.6 Å². The van der Waals surface area contributed by atoms with Crippen LogP contribution in [0.15, 0.2) is 24.3 Å². The molecule has 3 nitrogen and oxygen atoms in total. The standard InChI is InChI=1S/C14H20N2OS/c1-15-11-7-4-3-6-10(11)14(17)16-12-8-5-9-13(12)18-2/h3-4,6-7,12-13,15H,5,8-9H2,1-2H3,(H,16,17). The lowest BCUT2D eigenvalue weighted by atomic mass is 10.1. The van der Waals surface area contributed by atoms with Crippen molar-refractivity contribution in [3.05, 3.63) is 29.8 Å². The summed E-state index contributed by atoms with van der Waals surface area (Å²) in [4.78, 5) is 12.3. The summed E-state index contributed by atoms with van der Waals surface area (Å²) < 4.78 is 0. The summed E-state index contributed by atoms with van der Waals surface area (Å²) in [5.74, 6) is 0.0332. The molecule has 0 bridgehead atoms. The molecule has 18 heavy (non-hydrogen) atoms. The molecule has 0 heterocycles. The molecule has 2 unspecified atom stereocenters. The highest BCUT2D eigenvalue weighted by molar-refractivity contribution is 7.99. The number of rotatable bonds is 4. The Balaban J connectivity index is 2.07. The topological polar surface area (TPSA) is 41.1 Å². The van der Waals surface area contributed by atoms with Crippen LogP contribution in [0.3, 0.4) is 0 Å². The predicted octanol–water partition coefficient (Wildman–Crippen LogP) is 2.74. The fourth-order valence-electron chi connectivity index (χ4n) is 2.52. The fraction of sp³-hybridized carbons (Fsp3) is 0.500. The number of carbonyl (C=O) groups excluding carboxylic acids is 1. The second-order valence-corrected chi connectivity index (χ2v) is 5.66. The van der Waals surface area contributed by atoms with Gasteiger partial charge in [-0.25, -0.2) is 0 Å². The van der Waals surface area contributed by atoms with Gasteiger partial charge in [0.05, 0.1) is 5.56 Å². The monoisotopic (exact) mass is 264 g/mol. The van der Waals surface area contributed by atoms with Crippen molar-refractivity contribution in [1.82, 2.24) is 5.32 Å². The summed E-state index contributed by atoms with van der Waals surface area (Å²) >= 11 is 1.86. The van der Waals surface area contributed by atoms with Gasteiger partial charge in [-0.05, 0) is 31.2 Å². The van der Waals surface area contributed by atoms with Gasteiger partial charge in [0.2, 0.25) is 0 Å². The molecule has 1 amide bonds. The van der Waals surface area contributed by atoms with Gasteiger partial charge in [0.25, 0.3) is 5.91 Å². The van der Waals surface area contributed by atoms with Gasteiger partial charge >= 0.3 is 0 Å². The van der Waals surface area contributed by atoms with Crippen LogP contribution in [0.1, 0.15) is 29.6 Å². The zero-order valence-electron chi connectivity index (χ0n) is 10.9. The van der Waals surface area contributed by atoms with E-state index in [1.807, 2.05) is 43.1 Å². The lowest BCUT2D eigenvalue weighted by molar-refractivity contribution is 0.0939. The zero-order valence-corrected chi connectivity index (χ0v) is 11.7. The maximum atomic E-state index is 12.3. The van der Waals surface area contributed by atoms with Crippen molar-refractivity contribution in [3.8, 4) is 0 Å². The second kappa shape index (κ2) is 6.14. The molecule has 1 aromatic carbocycles. The molecular formula is C14H20N2OS. The predicted molar refractivity (Wildman–Crippen MR) is 78.4 cm³/mol. The first kappa shape index (κ1) is 13.3. The van der Waals surface area contributed by atoms with E-state index in [1.54, 1.807) is 0 Å². The Morgan fingerprint density at radius 2 is 2.11 bits per heavy atom. The average molecular weight is 264 g/mol. The Morgan fingerprint density at radius 3 is 2.83 bits per heavy atom. The van der Waals surface area contributed by atoms with Crippen LogP contribution in [0.2, 0.25) is 0 Å². The van der Waals surface area contributed by atoms with E-state index in [0.717, 1.165) is 17.7 Å². The second-order valence-electron chi connectivity index (χ2n) is 4.58. The summed E-state index contributed by atoms with van der Waals surface area (Å²) in [5, 5.41) is 6.80. The van der Waals surface area contributed by atoms with E-state index in [9.17, 15) is 4.79 Å². The lowest BCUT2D eigenvalue weighted by Crippen LogP contribution is -2.38. The first-order chi connectivity index (χ1) is 8.76. The van der Waals surface area contributed by atoms with E-state index in [1.165, 1.54) is 12.8 Å². The molecule has 0 saturated heterocycles. The molecule has 1 aliphatic carbocycles. The van der Waals surface area contributed by atoms with Crippen LogP contribution in [0.25, 0.3) is 0 Å². The van der Waals surface area contributed by atoms with Gasteiger partial charge in [0.15, 0.2) is 0 Å². The number of benzene rings is 1. The summed E-state index contributed by atoms with van der Waals surface area (Å²) in [7, 11) is 1.84. The molecule has 1 saturated carbocycles. The van der Waals surface area contributed by atoms with Gasteiger partial charge in [-0.15, -0.1) is 0 Å². The summed E-state index contributed by atoms with van der Waals surface area (Å²) in [6.07, 6.45) is 5.64. The third kappa shape index (κ3) is 2.80. The van der Waals surface area contributed by atoms with Crippen LogP contribution < -0.4 is 10.6 Å². The quantitative estimate of drug-likeness (QED) is 0.878. The van der Waals surface area contributed by atoms with E-state index in [2.05, 4.69) is 16.9 Å². The van der Waals surface area contributed by atoms with Gasteiger partial charge in [0.1, 0.15) is 0 Å². The molecule has 2 N–H and O–H groups in total. The van der Waals surface area contributed by atoms with Crippen molar-refractivity contribution < 1.29 is 4.79 Å². The molecule has 4 heteroatoms. The molecule has 1 aromatic rings. The number of para-hydroxylation sites is 1. The van der Waals surface area contributed by atoms with Crippen molar-refractivity contribution >= 4 is 23.4 Å². The Kier molecular flexibility index (Phi) is 4.53. The highest BCUT2D eigenvalue weighted by atomic mass is 32.2. The summed E-state index contributed by atoms with van der Waals surface area (Å²) in [6, 6.07) is 7.94. The van der Waals surface area contributed by atoms with Crippen LogP contribution >= 0.6 is 11.8 Å². The van der Waals surface area contributed by atoms with Gasteiger partial charge in [0, 0.05) is 24.0 Å². The first-order valence-corrected chi connectivity index (χ1v) is 7.65. The molecule has 1 aliphatic rings. The molecular weight excluding hydrogens is 244 g/mol. The van der Waals surface area contributed by atoms with Crippen LogP contribution in [-0.2, 0) is 0 Å². The van der Waals surface area contributed by atoms with Crippen LogP contribution in [-0.4, -0.2) is 30.5 Å². The number of hydrogen-bond acceptors (Lipinski definition) is 3. The van der Waals surface area contributed by atoms with Crippen LogP contribution in [0.5, 0.6) is 0 Å². The number of anilines is 1. The van der Waals surface area contributed by atoms with Crippen LogP contribution in [0.4, 0.5) is 5.69 Å². The molecule has 2 rings (SSSR count). The molecule has 0 radical (unpaired) electrons. The lowest BCUT2D eigenvalue weighted by Gasteiger charge is -2.20. The minimum Gasteiger partial charge on any atom is -0.387 e. The van der Waals surface area contributed by atoms with E-state index in [4.69, 9.17) is 0 Å². The normalized spacial score (nSPS) is 22.8. The van der Waals surface area contributed by atoms with Crippen LogP contribution in [0, 0.1) is 0 Å². The maximum absolute atomic E-state index is 12.3. The van der Waals surface area contributed by atoms with E-state index in [0.29, 0.717) is 11.3 Å². The highest BCUT2D eigenvalue weighted by Gasteiger charge is 2.28. The smallest absolute Gasteiger partial charge is 0.253 e. The van der Waals surface area contributed by atoms with Crippen molar-refractivity contribution in [3.63, 3.8) is 0 Å². The molecule has 0 aliphatic heterocycles. The Labute approximate surface area is 113 Å². The van der Waals surface area contributed by atoms with Gasteiger partial charge in [-0.1, -0.05) is 18.6 Å². The number of thioether (sulfide) groups is 1. The summed E-state index contributed by atoms with van der Waals surface area (Å²) in [6.45, 7) is 0. The van der Waals surface area contributed by atoms with E-state index >= 15 is 0 Å². The van der Waals surface area contributed by atoms with Crippen molar-refractivity contribution in [2.45, 2.75) is 30.6 Å². The number of amides is 1. The largest absolute Gasteiger partial charge is 0.387 e. The minimum absolute atomic E-state index is 0.0332. The minimum atomic E-state index is 0.0332. The molecule has 0 aromatic heterocycles. The number of hydrogen-bond donors (Lipinski definition) is 2. The Hall–Kier alpha value is -1.16. The van der Waals surface area contributed by atoms with E-state index in [-0.39, 0.29) is 5.91 Å². The van der Waals surface area contributed by atoms with Crippen molar-refractivity contribution in [2.24, 2.45) is 0 Å². The Morgan fingerprint density at radius 1 is 1.33 bits per heavy atom. The number of carbonyl (C=O) groups is 1. The molecule has 0 spiro atoms. The summed E-state index contributed by atoms with van der Waals surface area (Å²) in [5.41, 5.74) is 1.61. The fourth-order valence-corrected chi connectivity index (χ4v) is 3.45. The molecule has 1 fully saturated rings. The maximum Gasteiger partial charge on any atom is 0.253 e. The Bertz CT molecular complexity index is 422. The van der Waals surface area contributed by atoms with E-state index < -0.39 is 0 Å². The van der Waals surface area contributed by atoms with Gasteiger partial charge in [-0.3, -0.25) is 4.79 Å². The van der Waals surface area contributed by atoms with Crippen molar-refractivity contribution in [2.75, 3.05) is 18.6 Å². The number of nitrogens with one attached hydrogen (secondary N) is 2. The third-order valence-electron chi connectivity index (χ3n) is 3.51.